The van der Waals surface area contributed by atoms with Gasteiger partial charge >= 0.3 is 0 Å². The van der Waals surface area contributed by atoms with Crippen molar-refractivity contribution >= 4 is 22.6 Å². The molecular formula is C28H25NO5. The number of anilines is 1. The Bertz CT molecular complexity index is 1470. The standard InChI is InChI=1S/C28H25NO5/c1-5-33-21-12-11-18(15-23(21)32-4)25-24-26(30)20-13-16(2)17(3)14-22(20)34-27(24)28(31)29(25)19-9-7-6-8-10-19/h6-15,25H,5H2,1-4H3. The summed E-state index contributed by atoms with van der Waals surface area (Å²) in [6.45, 7) is 6.30. The van der Waals surface area contributed by atoms with Crippen molar-refractivity contribution < 1.29 is 18.7 Å². The van der Waals surface area contributed by atoms with Crippen LogP contribution in [0, 0.1) is 13.8 Å². The number of ether oxygens (including phenoxy) is 2. The van der Waals surface area contributed by atoms with Gasteiger partial charge in [-0.3, -0.25) is 14.5 Å². The van der Waals surface area contributed by atoms with E-state index >= 15 is 0 Å². The topological polar surface area (TPSA) is 69.0 Å². The molecule has 0 saturated carbocycles. The van der Waals surface area contributed by atoms with Gasteiger partial charge in [0.2, 0.25) is 5.76 Å². The van der Waals surface area contributed by atoms with Gasteiger partial charge in [-0.1, -0.05) is 24.3 Å². The lowest BCUT2D eigenvalue weighted by Gasteiger charge is -2.25. The number of fused-ring (bicyclic) bond motifs is 2. The van der Waals surface area contributed by atoms with E-state index in [9.17, 15) is 9.59 Å². The highest BCUT2D eigenvalue weighted by atomic mass is 16.5. The van der Waals surface area contributed by atoms with Gasteiger partial charge in [-0.2, -0.15) is 0 Å². The molecule has 6 nitrogen and oxygen atoms in total. The maximum absolute atomic E-state index is 13.8. The van der Waals surface area contributed by atoms with Gasteiger partial charge in [0.25, 0.3) is 5.91 Å². The molecule has 1 atom stereocenters. The first-order chi connectivity index (χ1) is 16.4. The van der Waals surface area contributed by atoms with Crippen molar-refractivity contribution in [2.45, 2.75) is 26.8 Å². The molecule has 1 amide bonds. The van der Waals surface area contributed by atoms with Crippen LogP contribution >= 0.6 is 0 Å². The first kappa shape index (κ1) is 21.8. The average Bonchev–Trinajstić information content (AvgIpc) is 3.14. The van der Waals surface area contributed by atoms with E-state index in [0.29, 0.717) is 40.3 Å². The second-order valence-corrected chi connectivity index (χ2v) is 8.36. The molecule has 0 fully saturated rings. The van der Waals surface area contributed by atoms with Gasteiger partial charge < -0.3 is 13.9 Å². The number of carbonyl (C=O) groups excluding carboxylic acids is 1. The number of hydrogen-bond acceptors (Lipinski definition) is 5. The van der Waals surface area contributed by atoms with Crippen molar-refractivity contribution in [1.29, 1.82) is 0 Å². The summed E-state index contributed by atoms with van der Waals surface area (Å²) in [7, 11) is 1.57. The van der Waals surface area contributed by atoms with Gasteiger partial charge in [0.15, 0.2) is 16.9 Å². The molecule has 1 unspecified atom stereocenters. The summed E-state index contributed by atoms with van der Waals surface area (Å²) in [5.41, 5.74) is 3.93. The largest absolute Gasteiger partial charge is 0.493 e. The van der Waals surface area contributed by atoms with E-state index in [4.69, 9.17) is 13.9 Å². The second kappa shape index (κ2) is 8.37. The van der Waals surface area contributed by atoms with Gasteiger partial charge in [-0.25, -0.2) is 0 Å². The Hall–Kier alpha value is -4.06. The summed E-state index contributed by atoms with van der Waals surface area (Å²) in [4.78, 5) is 29.1. The Morgan fingerprint density at radius 1 is 0.941 bits per heavy atom. The van der Waals surface area contributed by atoms with Crippen molar-refractivity contribution in [2.24, 2.45) is 0 Å². The number of hydrogen-bond donors (Lipinski definition) is 0. The zero-order valence-electron chi connectivity index (χ0n) is 19.5. The Kier molecular flexibility index (Phi) is 5.36. The minimum atomic E-state index is -0.670. The summed E-state index contributed by atoms with van der Waals surface area (Å²) in [5.74, 6) is 0.852. The average molecular weight is 456 g/mol. The third kappa shape index (κ3) is 3.34. The monoisotopic (exact) mass is 455 g/mol. The smallest absolute Gasteiger partial charge is 0.295 e. The molecule has 0 bridgehead atoms. The quantitative estimate of drug-likeness (QED) is 0.394. The molecular weight excluding hydrogens is 430 g/mol. The van der Waals surface area contributed by atoms with Crippen LogP contribution in [0.3, 0.4) is 0 Å². The molecule has 34 heavy (non-hydrogen) atoms. The highest BCUT2D eigenvalue weighted by molar-refractivity contribution is 6.10. The van der Waals surface area contributed by atoms with E-state index in [1.54, 1.807) is 18.1 Å². The van der Waals surface area contributed by atoms with Gasteiger partial charge in [-0.05, 0) is 73.9 Å². The lowest BCUT2D eigenvalue weighted by Crippen LogP contribution is -2.29. The van der Waals surface area contributed by atoms with Gasteiger partial charge in [0.1, 0.15) is 5.58 Å². The normalized spacial score (nSPS) is 15.0. The van der Waals surface area contributed by atoms with Crippen molar-refractivity contribution in [2.75, 3.05) is 18.6 Å². The van der Waals surface area contributed by atoms with Crippen LogP contribution < -0.4 is 19.8 Å². The number of benzene rings is 3. The number of amides is 1. The van der Waals surface area contributed by atoms with Crippen LogP contribution in [0.25, 0.3) is 11.0 Å². The number of carbonyl (C=O) groups is 1. The predicted molar refractivity (Wildman–Crippen MR) is 131 cm³/mol. The third-order valence-corrected chi connectivity index (χ3v) is 6.32. The highest BCUT2D eigenvalue weighted by Crippen LogP contribution is 2.43. The van der Waals surface area contributed by atoms with E-state index in [2.05, 4.69) is 0 Å². The van der Waals surface area contributed by atoms with Crippen LogP contribution in [-0.2, 0) is 0 Å². The third-order valence-electron chi connectivity index (χ3n) is 6.32. The Balaban J connectivity index is 1.80. The molecule has 0 saturated heterocycles. The molecule has 172 valence electrons. The lowest BCUT2D eigenvalue weighted by atomic mass is 9.97. The van der Waals surface area contributed by atoms with Crippen LogP contribution in [0.5, 0.6) is 11.5 Å². The van der Waals surface area contributed by atoms with Gasteiger partial charge in [-0.15, -0.1) is 0 Å². The molecule has 0 spiro atoms. The highest BCUT2D eigenvalue weighted by Gasteiger charge is 2.44. The van der Waals surface area contributed by atoms with Crippen LogP contribution in [0.1, 0.15) is 45.8 Å². The van der Waals surface area contributed by atoms with Crippen molar-refractivity contribution in [3.8, 4) is 11.5 Å². The van der Waals surface area contributed by atoms with Crippen molar-refractivity contribution in [3.05, 3.63) is 98.9 Å². The van der Waals surface area contributed by atoms with Crippen LogP contribution in [0.15, 0.2) is 69.9 Å². The maximum atomic E-state index is 13.8. The Morgan fingerprint density at radius 3 is 2.38 bits per heavy atom. The Labute approximate surface area is 197 Å². The van der Waals surface area contributed by atoms with E-state index in [-0.39, 0.29) is 17.1 Å². The summed E-state index contributed by atoms with van der Waals surface area (Å²) < 4.78 is 17.3. The van der Waals surface area contributed by atoms with Crippen molar-refractivity contribution in [3.63, 3.8) is 0 Å². The fourth-order valence-corrected chi connectivity index (χ4v) is 4.53. The van der Waals surface area contributed by atoms with E-state index in [1.807, 2.05) is 75.4 Å². The number of nitrogens with zero attached hydrogens (tertiary/aromatic N) is 1. The molecule has 0 N–H and O–H groups in total. The zero-order chi connectivity index (χ0) is 24.0. The van der Waals surface area contributed by atoms with Crippen molar-refractivity contribution in [1.82, 2.24) is 0 Å². The zero-order valence-corrected chi connectivity index (χ0v) is 19.5. The Morgan fingerprint density at radius 2 is 1.68 bits per heavy atom. The molecule has 1 aliphatic heterocycles. The van der Waals surface area contributed by atoms with Gasteiger partial charge in [0, 0.05) is 5.69 Å². The molecule has 2 heterocycles. The molecule has 3 aromatic carbocycles. The number of aryl methyl sites for hydroxylation is 2. The summed E-state index contributed by atoms with van der Waals surface area (Å²) >= 11 is 0. The maximum Gasteiger partial charge on any atom is 0.295 e. The fraction of sp³-hybridized carbons (Fsp3) is 0.214. The molecule has 4 aromatic rings. The SMILES string of the molecule is CCOc1ccc(C2c3c(oc4cc(C)c(C)cc4c3=O)C(=O)N2c2ccccc2)cc1OC. The summed E-state index contributed by atoms with van der Waals surface area (Å²) in [6.07, 6.45) is 0. The number of methoxy groups -OCH3 is 1. The molecule has 0 radical (unpaired) electrons. The molecule has 0 aliphatic carbocycles. The number of rotatable bonds is 5. The number of para-hydroxylation sites is 1. The molecule has 1 aromatic heterocycles. The van der Waals surface area contributed by atoms with Crippen LogP contribution in [0.4, 0.5) is 5.69 Å². The lowest BCUT2D eigenvalue weighted by molar-refractivity contribution is 0.0971. The van der Waals surface area contributed by atoms with E-state index < -0.39 is 6.04 Å². The van der Waals surface area contributed by atoms with Crippen LogP contribution in [-0.4, -0.2) is 19.6 Å². The molecule has 5 rings (SSSR count). The predicted octanol–water partition coefficient (Wildman–Crippen LogP) is 5.57. The van der Waals surface area contributed by atoms with E-state index in [1.165, 1.54) is 0 Å². The fourth-order valence-electron chi connectivity index (χ4n) is 4.53. The van der Waals surface area contributed by atoms with Crippen LogP contribution in [0.2, 0.25) is 0 Å². The van der Waals surface area contributed by atoms with Gasteiger partial charge in [0.05, 0.1) is 30.7 Å². The van der Waals surface area contributed by atoms with E-state index in [0.717, 1.165) is 16.7 Å². The summed E-state index contributed by atoms with van der Waals surface area (Å²) in [6, 6.07) is 17.8. The first-order valence-corrected chi connectivity index (χ1v) is 11.2. The minimum Gasteiger partial charge on any atom is -0.493 e. The second-order valence-electron chi connectivity index (χ2n) is 8.36. The summed E-state index contributed by atoms with van der Waals surface area (Å²) in [5, 5.41) is 0.465. The molecule has 1 aliphatic rings. The minimum absolute atomic E-state index is 0.0717. The molecule has 6 heteroatoms. The first-order valence-electron chi connectivity index (χ1n) is 11.2.